The molecule has 0 saturated heterocycles. The molecule has 162 valence electrons. The molecule has 0 unspecified atom stereocenters. The first-order valence-corrected chi connectivity index (χ1v) is 6.56. The van der Waals surface area contributed by atoms with Crippen molar-refractivity contribution in [2.24, 2.45) is 0 Å². The molecule has 0 aromatic heterocycles. The first-order chi connectivity index (χ1) is 12.2. The number of aliphatic hydroxyl groups excluding tert-OH is 1. The normalized spacial score (nSPS) is 15.1. The van der Waals surface area contributed by atoms with Gasteiger partial charge in [0.2, 0.25) is 0 Å². The van der Waals surface area contributed by atoms with E-state index in [1.165, 1.54) is 0 Å². The van der Waals surface area contributed by atoms with Crippen molar-refractivity contribution in [3.63, 3.8) is 0 Å². The quantitative estimate of drug-likeness (QED) is 0.573. The average molecular weight is 444 g/mol. The van der Waals surface area contributed by atoms with Crippen LogP contribution in [-0.4, -0.2) is 29.3 Å². The highest BCUT2D eigenvalue weighted by molar-refractivity contribution is 5.42. The van der Waals surface area contributed by atoms with E-state index >= 15 is 0 Å². The van der Waals surface area contributed by atoms with E-state index in [2.05, 4.69) is 0 Å². The third-order valence-electron chi connectivity index (χ3n) is 3.51. The number of benzene rings is 1. The minimum atomic E-state index is -6.96. The lowest BCUT2D eigenvalue weighted by Crippen LogP contribution is -2.52. The number of hydrogen-bond donors (Lipinski definition) is 1. The predicted octanol–water partition coefficient (Wildman–Crippen LogP) is 5.76. The fourth-order valence-corrected chi connectivity index (χ4v) is 2.04. The predicted molar refractivity (Wildman–Crippen MR) is 62.2 cm³/mol. The SMILES string of the molecule is OCc1c(C(F)(F)C(F)(F)C(F)(F)F)cccc1C(F)(F)C(F)(F)C(F)(F)F. The molecular formula is C13H6F14O. The van der Waals surface area contributed by atoms with Gasteiger partial charge in [0.1, 0.15) is 0 Å². The zero-order valence-corrected chi connectivity index (χ0v) is 12.7. The van der Waals surface area contributed by atoms with Gasteiger partial charge in [0, 0.05) is 11.1 Å². The van der Waals surface area contributed by atoms with Crippen LogP contribution in [0.1, 0.15) is 16.7 Å². The maximum absolute atomic E-state index is 13.7. The van der Waals surface area contributed by atoms with Gasteiger partial charge in [0.15, 0.2) is 0 Å². The van der Waals surface area contributed by atoms with Crippen LogP contribution in [0.15, 0.2) is 18.2 Å². The molecule has 1 aromatic rings. The van der Waals surface area contributed by atoms with Crippen LogP contribution in [0.25, 0.3) is 0 Å². The van der Waals surface area contributed by atoms with Crippen molar-refractivity contribution < 1.29 is 66.6 Å². The van der Waals surface area contributed by atoms with Crippen LogP contribution in [0, 0.1) is 0 Å². The van der Waals surface area contributed by atoms with Gasteiger partial charge in [-0.2, -0.15) is 61.5 Å². The van der Waals surface area contributed by atoms with Crippen molar-refractivity contribution in [1.29, 1.82) is 0 Å². The minimum Gasteiger partial charge on any atom is -0.392 e. The number of hydrogen-bond acceptors (Lipinski definition) is 1. The second-order valence-electron chi connectivity index (χ2n) is 5.28. The highest BCUT2D eigenvalue weighted by Crippen LogP contribution is 2.56. The Kier molecular flexibility index (Phi) is 5.73. The van der Waals surface area contributed by atoms with E-state index in [0.717, 1.165) is 0 Å². The monoisotopic (exact) mass is 444 g/mol. The first kappa shape index (κ1) is 24.2. The molecule has 0 atom stereocenters. The summed E-state index contributed by atoms with van der Waals surface area (Å²) in [7, 11) is 0. The van der Waals surface area contributed by atoms with Gasteiger partial charge in [0.05, 0.1) is 6.61 Å². The molecule has 0 aliphatic rings. The van der Waals surface area contributed by atoms with Crippen LogP contribution in [0.4, 0.5) is 61.5 Å². The summed E-state index contributed by atoms with van der Waals surface area (Å²) in [5.41, 5.74) is -7.75. The van der Waals surface area contributed by atoms with Crippen LogP contribution in [0.3, 0.4) is 0 Å². The Hall–Kier alpha value is -1.80. The zero-order chi connectivity index (χ0) is 22.6. The van der Waals surface area contributed by atoms with Crippen molar-refractivity contribution in [1.82, 2.24) is 0 Å². The van der Waals surface area contributed by atoms with E-state index in [9.17, 15) is 61.5 Å². The summed E-state index contributed by atoms with van der Waals surface area (Å²) in [5.74, 6) is -26.7. The molecule has 15 heteroatoms. The molecule has 0 spiro atoms. The van der Waals surface area contributed by atoms with Gasteiger partial charge in [0.25, 0.3) is 0 Å². The molecule has 0 amide bonds. The molecule has 0 radical (unpaired) electrons. The molecule has 0 bridgehead atoms. The van der Waals surface area contributed by atoms with Gasteiger partial charge in [-0.15, -0.1) is 0 Å². The van der Waals surface area contributed by atoms with E-state index in [-0.39, 0.29) is 18.2 Å². The maximum Gasteiger partial charge on any atom is 0.460 e. The van der Waals surface area contributed by atoms with E-state index in [4.69, 9.17) is 5.11 Å². The number of alkyl halides is 14. The molecule has 1 aromatic carbocycles. The maximum atomic E-state index is 13.7. The molecule has 0 aliphatic heterocycles. The van der Waals surface area contributed by atoms with Gasteiger partial charge in [-0.05, 0) is 5.56 Å². The van der Waals surface area contributed by atoms with Crippen molar-refractivity contribution in [3.8, 4) is 0 Å². The van der Waals surface area contributed by atoms with Gasteiger partial charge in [-0.1, -0.05) is 18.2 Å². The largest absolute Gasteiger partial charge is 0.460 e. The fraction of sp³-hybridized carbons (Fsp3) is 0.538. The number of aliphatic hydroxyl groups is 1. The summed E-state index contributed by atoms with van der Waals surface area (Å²) < 4.78 is 181. The molecule has 28 heavy (non-hydrogen) atoms. The van der Waals surface area contributed by atoms with E-state index in [1.807, 2.05) is 0 Å². The van der Waals surface area contributed by atoms with Crippen LogP contribution in [-0.2, 0) is 18.5 Å². The van der Waals surface area contributed by atoms with Crippen LogP contribution in [0.5, 0.6) is 0 Å². The van der Waals surface area contributed by atoms with E-state index in [1.54, 1.807) is 0 Å². The van der Waals surface area contributed by atoms with E-state index in [0.29, 0.717) is 0 Å². The molecule has 0 fully saturated rings. The average Bonchev–Trinajstić information content (AvgIpc) is 2.51. The van der Waals surface area contributed by atoms with Crippen LogP contribution >= 0.6 is 0 Å². The van der Waals surface area contributed by atoms with Gasteiger partial charge in [-0.3, -0.25) is 0 Å². The topological polar surface area (TPSA) is 20.2 Å². The summed E-state index contributed by atoms with van der Waals surface area (Å²) in [6.07, 6.45) is -13.9. The lowest BCUT2D eigenvalue weighted by Gasteiger charge is -2.33. The van der Waals surface area contributed by atoms with Crippen molar-refractivity contribution in [2.45, 2.75) is 42.6 Å². The van der Waals surface area contributed by atoms with Crippen molar-refractivity contribution in [3.05, 3.63) is 34.9 Å². The van der Waals surface area contributed by atoms with E-state index < -0.39 is 59.3 Å². The van der Waals surface area contributed by atoms with Crippen molar-refractivity contribution >= 4 is 0 Å². The Balaban J connectivity index is 3.81. The smallest absolute Gasteiger partial charge is 0.392 e. The number of rotatable bonds is 5. The van der Waals surface area contributed by atoms with Crippen molar-refractivity contribution in [2.75, 3.05) is 0 Å². The molecule has 0 aliphatic carbocycles. The second-order valence-corrected chi connectivity index (χ2v) is 5.28. The highest BCUT2D eigenvalue weighted by Gasteiger charge is 2.76. The van der Waals surface area contributed by atoms with Gasteiger partial charge in [-0.25, -0.2) is 0 Å². The Bertz CT molecular complexity index is 659. The first-order valence-electron chi connectivity index (χ1n) is 6.56. The third-order valence-corrected chi connectivity index (χ3v) is 3.51. The third kappa shape index (κ3) is 3.37. The highest BCUT2D eigenvalue weighted by atomic mass is 19.4. The standard InChI is InChI=1S/C13H6F14O/c14-8(15,10(18,19)12(22,23)24)6-2-1-3-7(5(6)4-28)9(16,17)11(20,21)13(25,26)27/h1-3,28H,4H2. The Morgan fingerprint density at radius 1 is 0.571 bits per heavy atom. The minimum absolute atomic E-state index is 0.162. The molecule has 0 heterocycles. The van der Waals surface area contributed by atoms with Gasteiger partial charge < -0.3 is 5.11 Å². The lowest BCUT2D eigenvalue weighted by molar-refractivity contribution is -0.361. The summed E-state index contributed by atoms with van der Waals surface area (Å²) in [4.78, 5) is 0. The Labute approximate surface area is 145 Å². The summed E-state index contributed by atoms with van der Waals surface area (Å²) in [5, 5.41) is 8.84. The Morgan fingerprint density at radius 2 is 0.857 bits per heavy atom. The summed E-state index contributed by atoms with van der Waals surface area (Å²) in [6, 6.07) is -0.864. The molecular weight excluding hydrogens is 438 g/mol. The molecule has 0 saturated carbocycles. The molecule has 1 nitrogen and oxygen atoms in total. The van der Waals surface area contributed by atoms with Gasteiger partial charge >= 0.3 is 36.0 Å². The van der Waals surface area contributed by atoms with Crippen LogP contribution in [0.2, 0.25) is 0 Å². The zero-order valence-electron chi connectivity index (χ0n) is 12.7. The lowest BCUT2D eigenvalue weighted by atomic mass is 9.89. The summed E-state index contributed by atoms with van der Waals surface area (Å²) >= 11 is 0. The Morgan fingerprint density at radius 3 is 1.07 bits per heavy atom. The molecule has 1 rings (SSSR count). The second kappa shape index (κ2) is 6.62. The number of halogens is 14. The van der Waals surface area contributed by atoms with Crippen LogP contribution < -0.4 is 0 Å². The summed E-state index contributed by atoms with van der Waals surface area (Å²) in [6.45, 7) is -2.28. The fourth-order valence-electron chi connectivity index (χ4n) is 2.04. The molecule has 1 N–H and O–H groups in total.